The third-order valence-corrected chi connectivity index (χ3v) is 4.48. The third-order valence-electron chi connectivity index (χ3n) is 4.24. The first-order valence-corrected chi connectivity index (χ1v) is 8.38. The predicted molar refractivity (Wildman–Crippen MR) is 96.6 cm³/mol. The van der Waals surface area contributed by atoms with E-state index in [-0.39, 0.29) is 28.6 Å². The van der Waals surface area contributed by atoms with E-state index in [1.165, 1.54) is 6.07 Å². The van der Waals surface area contributed by atoms with E-state index in [0.29, 0.717) is 21.5 Å². The molecule has 7 nitrogen and oxygen atoms in total. The number of carboxylic acids is 1. The Hall–Kier alpha value is -3.40. The molecule has 152 valence electrons. The first-order chi connectivity index (χ1) is 13.9. The van der Waals surface area contributed by atoms with Gasteiger partial charge in [-0.15, -0.1) is 5.10 Å². The smallest absolute Gasteiger partial charge is 0.328 e. The van der Waals surface area contributed by atoms with E-state index in [1.54, 1.807) is 25.1 Å². The average molecular weight is 429 g/mol. The second-order valence-electron chi connectivity index (χ2n) is 5.99. The van der Waals surface area contributed by atoms with Crippen LogP contribution in [-0.2, 0) is 11.2 Å². The molecule has 3 aromatic rings. The molecule has 0 fully saturated rings. The Morgan fingerprint density at radius 1 is 1.21 bits per heavy atom. The molecule has 0 spiro atoms. The van der Waals surface area contributed by atoms with Gasteiger partial charge in [-0.05, 0) is 42.3 Å². The highest BCUT2D eigenvalue weighted by atomic mass is 35.5. The number of nitrogens with zero attached hydrogens (tertiary/aromatic N) is 2. The molecule has 29 heavy (non-hydrogen) atoms. The van der Waals surface area contributed by atoms with Crippen LogP contribution in [0.25, 0.3) is 17.0 Å². The van der Waals surface area contributed by atoms with Gasteiger partial charge in [-0.1, -0.05) is 22.5 Å². The summed E-state index contributed by atoms with van der Waals surface area (Å²) >= 11 is 5.93. The van der Waals surface area contributed by atoms with Crippen LogP contribution in [0.1, 0.15) is 22.4 Å². The normalized spacial score (nSPS) is 11.2. The summed E-state index contributed by atoms with van der Waals surface area (Å²) in [6.07, 6.45) is 1.66. The molecular formula is C18H12ClF3N2O5. The molecular weight excluding hydrogens is 417 g/mol. The Labute approximate surface area is 166 Å². The summed E-state index contributed by atoms with van der Waals surface area (Å²) in [5, 5.41) is 16.3. The van der Waals surface area contributed by atoms with Crippen LogP contribution >= 0.6 is 11.6 Å². The van der Waals surface area contributed by atoms with Gasteiger partial charge >= 0.3 is 5.97 Å². The molecule has 0 atom stereocenters. The van der Waals surface area contributed by atoms with Gasteiger partial charge < -0.3 is 5.11 Å². The number of fused-ring (bicyclic) bond motifs is 1. The molecule has 11 heteroatoms. The highest BCUT2D eigenvalue weighted by Crippen LogP contribution is 2.42. The van der Waals surface area contributed by atoms with Crippen molar-refractivity contribution in [3.05, 3.63) is 57.7 Å². The van der Waals surface area contributed by atoms with Crippen LogP contribution < -0.4 is 14.9 Å². The summed E-state index contributed by atoms with van der Waals surface area (Å²) in [5.74, 6) is -2.70. The van der Waals surface area contributed by atoms with Crippen molar-refractivity contribution in [2.24, 2.45) is 0 Å². The van der Waals surface area contributed by atoms with Crippen molar-refractivity contribution in [2.75, 3.05) is 0 Å². The fourth-order valence-electron chi connectivity index (χ4n) is 2.95. The number of hydrogen-bond donors (Lipinski definition) is 1. The average Bonchev–Trinajstić information content (AvgIpc) is 3.04. The first-order valence-electron chi connectivity index (χ1n) is 8.00. The van der Waals surface area contributed by atoms with Crippen molar-refractivity contribution in [2.45, 2.75) is 13.3 Å². The van der Waals surface area contributed by atoms with Gasteiger partial charge in [0.15, 0.2) is 0 Å². The summed E-state index contributed by atoms with van der Waals surface area (Å²) < 4.78 is 39.7. The molecule has 0 amide bonds. The van der Waals surface area contributed by atoms with E-state index in [1.807, 2.05) is 0 Å². The largest absolute Gasteiger partial charge is 0.478 e. The van der Waals surface area contributed by atoms with Crippen LogP contribution in [0.3, 0.4) is 0 Å². The molecule has 0 aliphatic carbocycles. The molecule has 0 bridgehead atoms. The summed E-state index contributed by atoms with van der Waals surface area (Å²) in [6, 6.07) is 6.24. The standard InChI is InChI=1S/C18H12ClF3N2O5/c1-9-6-12(19)3-2-10(9)7-11-8-14-16(18(28-21)17(11)27-20)13(4-5-15(25)26)23-24(14)29-22/h2-6,8H,7H2,1H3,(H,25,26)/b5-4+. The summed E-state index contributed by atoms with van der Waals surface area (Å²) in [4.78, 5) is 18.7. The molecule has 3 rings (SSSR count). The number of carboxylic acid groups (broad SMARTS) is 1. The zero-order valence-electron chi connectivity index (χ0n) is 14.7. The van der Waals surface area contributed by atoms with Gasteiger partial charge in [-0.2, -0.15) is 5.04 Å². The van der Waals surface area contributed by atoms with E-state index in [0.717, 1.165) is 11.6 Å². The van der Waals surface area contributed by atoms with Gasteiger partial charge in [0, 0.05) is 36.7 Å². The minimum Gasteiger partial charge on any atom is -0.478 e. The lowest BCUT2D eigenvalue weighted by Crippen LogP contribution is -2.04. The molecule has 2 aromatic carbocycles. The first kappa shape index (κ1) is 20.3. The fourth-order valence-corrected chi connectivity index (χ4v) is 3.18. The maximum atomic E-state index is 13.4. The maximum Gasteiger partial charge on any atom is 0.328 e. The van der Waals surface area contributed by atoms with Gasteiger partial charge in [0.2, 0.25) is 11.5 Å². The molecule has 0 unspecified atom stereocenters. The Balaban J connectivity index is 2.25. The van der Waals surface area contributed by atoms with Crippen molar-refractivity contribution in [3.63, 3.8) is 0 Å². The maximum absolute atomic E-state index is 13.4. The second-order valence-corrected chi connectivity index (χ2v) is 6.43. The summed E-state index contributed by atoms with van der Waals surface area (Å²) in [7, 11) is 0. The number of halogens is 4. The van der Waals surface area contributed by atoms with Gasteiger partial charge in [-0.3, -0.25) is 9.88 Å². The third kappa shape index (κ3) is 3.92. The van der Waals surface area contributed by atoms with Crippen molar-refractivity contribution >= 4 is 34.5 Å². The molecule has 0 aliphatic rings. The topological polar surface area (TPSA) is 82.8 Å². The van der Waals surface area contributed by atoms with Crippen molar-refractivity contribution in [1.29, 1.82) is 0 Å². The number of aliphatic carboxylic acids is 1. The number of aromatic nitrogens is 2. The lowest BCUT2D eigenvalue weighted by atomic mass is 9.98. The molecule has 0 saturated carbocycles. The quantitative estimate of drug-likeness (QED) is 0.557. The number of benzene rings is 2. The van der Waals surface area contributed by atoms with Crippen molar-refractivity contribution in [1.82, 2.24) is 9.94 Å². The van der Waals surface area contributed by atoms with Crippen molar-refractivity contribution < 1.29 is 38.4 Å². The lowest BCUT2D eigenvalue weighted by molar-refractivity contribution is -0.146. The van der Waals surface area contributed by atoms with Gasteiger partial charge in [0.25, 0.3) is 0 Å². The fraction of sp³-hybridized carbons (Fsp3) is 0.111. The minimum absolute atomic E-state index is 0.0479. The van der Waals surface area contributed by atoms with Crippen LogP contribution in [-0.4, -0.2) is 21.0 Å². The highest BCUT2D eigenvalue weighted by Gasteiger charge is 2.26. The monoisotopic (exact) mass is 428 g/mol. The molecule has 1 aromatic heterocycles. The lowest BCUT2D eigenvalue weighted by Gasteiger charge is -2.11. The second kappa shape index (κ2) is 8.31. The van der Waals surface area contributed by atoms with Crippen LogP contribution in [0.4, 0.5) is 13.6 Å². The minimum atomic E-state index is -1.34. The SMILES string of the molecule is Cc1cc(Cl)ccc1Cc1cc2c(c(/C=C/C(=O)O)nn2OF)c(OF)c1OF. The van der Waals surface area contributed by atoms with Crippen LogP contribution in [0.5, 0.6) is 11.5 Å². The van der Waals surface area contributed by atoms with Gasteiger partial charge in [0.05, 0.1) is 5.39 Å². The van der Waals surface area contributed by atoms with E-state index >= 15 is 0 Å². The van der Waals surface area contributed by atoms with Crippen LogP contribution in [0.2, 0.25) is 5.02 Å². The van der Waals surface area contributed by atoms with Crippen LogP contribution in [0.15, 0.2) is 30.3 Å². The zero-order chi connectivity index (χ0) is 21.1. The van der Waals surface area contributed by atoms with Gasteiger partial charge in [0.1, 0.15) is 11.2 Å². The van der Waals surface area contributed by atoms with Gasteiger partial charge in [-0.25, -0.2) is 4.79 Å². The zero-order valence-corrected chi connectivity index (χ0v) is 15.4. The Morgan fingerprint density at radius 2 is 1.93 bits per heavy atom. The number of rotatable bonds is 7. The molecule has 0 aliphatic heterocycles. The molecule has 1 N–H and O–H groups in total. The predicted octanol–water partition coefficient (Wildman–Crippen LogP) is 4.53. The Morgan fingerprint density at radius 3 is 2.52 bits per heavy atom. The van der Waals surface area contributed by atoms with E-state index < -0.39 is 17.5 Å². The molecule has 0 saturated heterocycles. The molecule has 1 heterocycles. The summed E-state index contributed by atoms with van der Waals surface area (Å²) in [6.45, 7) is 1.77. The Kier molecular flexibility index (Phi) is 5.83. The Bertz CT molecular complexity index is 1120. The molecule has 0 radical (unpaired) electrons. The van der Waals surface area contributed by atoms with E-state index in [4.69, 9.17) is 16.7 Å². The van der Waals surface area contributed by atoms with E-state index in [9.17, 15) is 18.4 Å². The summed E-state index contributed by atoms with van der Waals surface area (Å²) in [5.41, 5.74) is 1.17. The number of carbonyl (C=O) groups is 1. The van der Waals surface area contributed by atoms with E-state index in [2.05, 4.69) is 20.0 Å². The number of hydrogen-bond acceptors (Lipinski definition) is 5. The van der Waals surface area contributed by atoms with Crippen LogP contribution in [0, 0.1) is 6.92 Å². The highest BCUT2D eigenvalue weighted by molar-refractivity contribution is 6.30. The van der Waals surface area contributed by atoms with Crippen molar-refractivity contribution in [3.8, 4) is 11.5 Å². The number of aryl methyl sites for hydroxylation is 1.